The van der Waals surface area contributed by atoms with Crippen LogP contribution in [0.1, 0.15) is 30.3 Å². The maximum absolute atomic E-state index is 11.3. The standard InChI is InChI=1S/C11H17N3OS/c15-16-5-2-9(3-6-16)14-8-13-10-7-12-4-1-11(10)14/h8-9,12H,1-7H2. The highest BCUT2D eigenvalue weighted by Crippen LogP contribution is 2.26. The topological polar surface area (TPSA) is 46.9 Å². The molecular weight excluding hydrogens is 222 g/mol. The van der Waals surface area contributed by atoms with Crippen LogP contribution in [0.2, 0.25) is 0 Å². The smallest absolute Gasteiger partial charge is 0.0954 e. The molecule has 0 atom stereocenters. The van der Waals surface area contributed by atoms with Crippen molar-refractivity contribution in [2.75, 3.05) is 18.1 Å². The third-order valence-electron chi connectivity index (χ3n) is 3.56. The molecule has 0 radical (unpaired) electrons. The minimum Gasteiger partial charge on any atom is -0.331 e. The van der Waals surface area contributed by atoms with Crippen molar-refractivity contribution in [3.05, 3.63) is 17.7 Å². The van der Waals surface area contributed by atoms with Crippen molar-refractivity contribution in [1.29, 1.82) is 0 Å². The molecule has 2 aliphatic rings. The number of hydrogen-bond acceptors (Lipinski definition) is 3. The molecule has 0 aromatic carbocycles. The van der Waals surface area contributed by atoms with E-state index in [1.54, 1.807) is 0 Å². The summed E-state index contributed by atoms with van der Waals surface area (Å²) in [6, 6.07) is 0.534. The largest absolute Gasteiger partial charge is 0.331 e. The van der Waals surface area contributed by atoms with Crippen LogP contribution in [0.3, 0.4) is 0 Å². The van der Waals surface area contributed by atoms with Crippen LogP contribution in [0, 0.1) is 0 Å². The van der Waals surface area contributed by atoms with E-state index in [9.17, 15) is 4.21 Å². The predicted octanol–water partition coefficient (Wildman–Crippen LogP) is 0.612. The van der Waals surface area contributed by atoms with Gasteiger partial charge in [0.05, 0.1) is 12.0 Å². The van der Waals surface area contributed by atoms with Gasteiger partial charge in [-0.05, 0) is 12.8 Å². The Bertz CT molecular complexity index is 405. The van der Waals surface area contributed by atoms with Gasteiger partial charge in [0, 0.05) is 53.6 Å². The number of aromatic nitrogens is 2. The van der Waals surface area contributed by atoms with E-state index in [2.05, 4.69) is 14.9 Å². The zero-order valence-corrected chi connectivity index (χ0v) is 10.1. The predicted molar refractivity (Wildman–Crippen MR) is 63.8 cm³/mol. The number of rotatable bonds is 1. The second-order valence-electron chi connectivity index (χ2n) is 4.55. The Morgan fingerprint density at radius 2 is 2.25 bits per heavy atom. The van der Waals surface area contributed by atoms with Gasteiger partial charge in [-0.3, -0.25) is 4.21 Å². The summed E-state index contributed by atoms with van der Waals surface area (Å²) in [5, 5.41) is 3.34. The second-order valence-corrected chi connectivity index (χ2v) is 6.25. The summed E-state index contributed by atoms with van der Waals surface area (Å²) in [6.45, 7) is 1.96. The molecule has 3 rings (SSSR count). The van der Waals surface area contributed by atoms with Crippen LogP contribution in [0.25, 0.3) is 0 Å². The SMILES string of the molecule is O=S1CCC(n2cnc3c2CCNC3)CC1. The van der Waals surface area contributed by atoms with E-state index in [1.807, 2.05) is 6.33 Å². The van der Waals surface area contributed by atoms with E-state index in [0.29, 0.717) is 6.04 Å². The molecule has 0 bridgehead atoms. The first-order valence-electron chi connectivity index (χ1n) is 5.95. The molecule has 0 unspecified atom stereocenters. The fourth-order valence-electron chi connectivity index (χ4n) is 2.63. The van der Waals surface area contributed by atoms with Crippen LogP contribution < -0.4 is 5.32 Å². The van der Waals surface area contributed by atoms with Crippen molar-refractivity contribution in [3.63, 3.8) is 0 Å². The lowest BCUT2D eigenvalue weighted by Gasteiger charge is -2.26. The maximum Gasteiger partial charge on any atom is 0.0954 e. The molecule has 0 amide bonds. The van der Waals surface area contributed by atoms with E-state index < -0.39 is 10.8 Å². The van der Waals surface area contributed by atoms with Crippen molar-refractivity contribution in [1.82, 2.24) is 14.9 Å². The van der Waals surface area contributed by atoms with Crippen LogP contribution in [0.4, 0.5) is 0 Å². The van der Waals surface area contributed by atoms with Crippen molar-refractivity contribution < 1.29 is 4.21 Å². The molecule has 1 aromatic rings. The average molecular weight is 239 g/mol. The van der Waals surface area contributed by atoms with E-state index in [-0.39, 0.29) is 0 Å². The zero-order chi connectivity index (χ0) is 11.0. The summed E-state index contributed by atoms with van der Waals surface area (Å²) in [6.07, 6.45) is 5.15. The van der Waals surface area contributed by atoms with Gasteiger partial charge in [-0.2, -0.15) is 0 Å². The van der Waals surface area contributed by atoms with Gasteiger partial charge in [0.2, 0.25) is 0 Å². The third kappa shape index (κ3) is 1.82. The van der Waals surface area contributed by atoms with Crippen LogP contribution in [0.15, 0.2) is 6.33 Å². The van der Waals surface area contributed by atoms with E-state index >= 15 is 0 Å². The fraction of sp³-hybridized carbons (Fsp3) is 0.727. The number of nitrogens with zero attached hydrogens (tertiary/aromatic N) is 2. The summed E-state index contributed by atoms with van der Waals surface area (Å²) in [5.74, 6) is 1.71. The van der Waals surface area contributed by atoms with Crippen LogP contribution >= 0.6 is 0 Å². The van der Waals surface area contributed by atoms with Gasteiger partial charge in [0.1, 0.15) is 0 Å². The molecule has 3 heterocycles. The van der Waals surface area contributed by atoms with E-state index in [4.69, 9.17) is 0 Å². The van der Waals surface area contributed by atoms with Gasteiger partial charge in [0.15, 0.2) is 0 Å². The molecule has 1 N–H and O–H groups in total. The Kier molecular flexibility index (Phi) is 2.81. The fourth-order valence-corrected chi connectivity index (χ4v) is 3.91. The van der Waals surface area contributed by atoms with Gasteiger partial charge >= 0.3 is 0 Å². The van der Waals surface area contributed by atoms with Crippen molar-refractivity contribution in [2.24, 2.45) is 0 Å². The Balaban J connectivity index is 1.83. The molecule has 1 saturated heterocycles. The molecule has 0 saturated carbocycles. The highest BCUT2D eigenvalue weighted by molar-refractivity contribution is 7.85. The first kappa shape index (κ1) is 10.5. The Labute approximate surface area is 97.9 Å². The highest BCUT2D eigenvalue weighted by atomic mass is 32.2. The first-order chi connectivity index (χ1) is 7.84. The lowest BCUT2D eigenvalue weighted by molar-refractivity contribution is 0.442. The van der Waals surface area contributed by atoms with E-state index in [1.165, 1.54) is 11.4 Å². The van der Waals surface area contributed by atoms with Gasteiger partial charge in [-0.15, -0.1) is 0 Å². The van der Waals surface area contributed by atoms with Crippen LogP contribution in [-0.4, -0.2) is 31.8 Å². The number of imidazole rings is 1. The first-order valence-corrected chi connectivity index (χ1v) is 7.43. The van der Waals surface area contributed by atoms with Crippen molar-refractivity contribution >= 4 is 10.8 Å². The monoisotopic (exact) mass is 239 g/mol. The van der Waals surface area contributed by atoms with Gasteiger partial charge in [-0.1, -0.05) is 0 Å². The van der Waals surface area contributed by atoms with Crippen molar-refractivity contribution in [2.45, 2.75) is 31.8 Å². The Morgan fingerprint density at radius 1 is 1.44 bits per heavy atom. The molecule has 5 heteroatoms. The molecular formula is C11H17N3OS. The number of hydrogen-bond donors (Lipinski definition) is 1. The number of fused-ring (bicyclic) bond motifs is 1. The maximum atomic E-state index is 11.3. The molecule has 1 aromatic heterocycles. The van der Waals surface area contributed by atoms with Gasteiger partial charge in [-0.25, -0.2) is 4.98 Å². The Hall–Kier alpha value is -0.680. The molecule has 2 aliphatic heterocycles. The normalized spacial score (nSPS) is 30.0. The second kappa shape index (κ2) is 4.30. The minimum atomic E-state index is -0.570. The lowest BCUT2D eigenvalue weighted by atomic mass is 10.1. The third-order valence-corrected chi connectivity index (χ3v) is 4.95. The molecule has 16 heavy (non-hydrogen) atoms. The van der Waals surface area contributed by atoms with E-state index in [0.717, 1.165) is 43.9 Å². The molecule has 0 aliphatic carbocycles. The number of nitrogens with one attached hydrogen (secondary N) is 1. The minimum absolute atomic E-state index is 0.534. The Morgan fingerprint density at radius 3 is 3.06 bits per heavy atom. The molecule has 1 fully saturated rings. The summed E-state index contributed by atoms with van der Waals surface area (Å²) in [4.78, 5) is 4.48. The van der Waals surface area contributed by atoms with Crippen molar-refractivity contribution in [3.8, 4) is 0 Å². The molecule has 0 spiro atoms. The average Bonchev–Trinajstić information content (AvgIpc) is 2.74. The summed E-state index contributed by atoms with van der Waals surface area (Å²) >= 11 is 0. The summed E-state index contributed by atoms with van der Waals surface area (Å²) in [7, 11) is -0.570. The summed E-state index contributed by atoms with van der Waals surface area (Å²) in [5.41, 5.74) is 2.61. The van der Waals surface area contributed by atoms with Gasteiger partial charge < -0.3 is 9.88 Å². The molecule has 88 valence electrons. The van der Waals surface area contributed by atoms with Gasteiger partial charge in [0.25, 0.3) is 0 Å². The highest BCUT2D eigenvalue weighted by Gasteiger charge is 2.23. The van der Waals surface area contributed by atoms with Crippen LogP contribution in [0.5, 0.6) is 0 Å². The zero-order valence-electron chi connectivity index (χ0n) is 9.32. The van der Waals surface area contributed by atoms with Crippen LogP contribution in [-0.2, 0) is 23.8 Å². The lowest BCUT2D eigenvalue weighted by Crippen LogP contribution is -2.28. The summed E-state index contributed by atoms with van der Waals surface area (Å²) < 4.78 is 13.7. The quantitative estimate of drug-likeness (QED) is 0.781. The molecule has 4 nitrogen and oxygen atoms in total.